The summed E-state index contributed by atoms with van der Waals surface area (Å²) >= 11 is 0. The van der Waals surface area contributed by atoms with Crippen molar-refractivity contribution in [2.45, 2.75) is 431 Å². The summed E-state index contributed by atoms with van der Waals surface area (Å²) in [6.45, 7) is 4.27. The lowest BCUT2D eigenvalue weighted by atomic mass is 10.0. The van der Waals surface area contributed by atoms with Crippen LogP contribution in [0.2, 0.25) is 0 Å². The fourth-order valence-electron chi connectivity index (χ4n) is 11.6. The molecule has 0 aliphatic carbocycles. The van der Waals surface area contributed by atoms with Crippen molar-refractivity contribution in [2.75, 3.05) is 0 Å². The number of hydrogen-bond donors (Lipinski definition) is 0. The third-order valence-corrected chi connectivity index (χ3v) is 16.7. The molecule has 0 bridgehead atoms. The van der Waals surface area contributed by atoms with Crippen LogP contribution in [0.1, 0.15) is 431 Å². The highest BCUT2D eigenvalue weighted by molar-refractivity contribution is 4.76. The maximum atomic E-state index is 2.31. The number of allylic oxidation sites excluding steroid dienone is 4. The monoisotopic (exact) mass is 993 g/mol. The lowest BCUT2D eigenvalue weighted by molar-refractivity contribution is 0.506. The smallest absolute Gasteiger partial charge is 0.0351 e. The van der Waals surface area contributed by atoms with Crippen molar-refractivity contribution in [1.82, 2.24) is 0 Å². The maximum Gasteiger partial charge on any atom is -0.0351 e. The highest BCUT2D eigenvalue weighted by atomic mass is 14.1. The van der Waals surface area contributed by atoms with Gasteiger partial charge < -0.3 is 0 Å². The topological polar surface area (TPSA) is 0 Å². The first kappa shape index (κ1) is 70.5. The number of hydrogen-bond acceptors (Lipinski definition) is 0. The SMILES string of the molecule is CC=CCCCCCCCCCCCCCCCCCCCCCCCCCCCCCCCCCCCCCCCCCCCCCCCCCCCCCCCCCCCCCCCCCC=CC. The highest BCUT2D eigenvalue weighted by Crippen LogP contribution is 2.20. The molecule has 0 aromatic carbocycles. The lowest BCUT2D eigenvalue weighted by Gasteiger charge is -2.05. The van der Waals surface area contributed by atoms with Crippen molar-refractivity contribution in [3.8, 4) is 0 Å². The van der Waals surface area contributed by atoms with Gasteiger partial charge >= 0.3 is 0 Å². The van der Waals surface area contributed by atoms with E-state index in [0.29, 0.717) is 0 Å². The molecule has 0 N–H and O–H groups in total. The van der Waals surface area contributed by atoms with Crippen molar-refractivity contribution >= 4 is 0 Å². The minimum atomic E-state index is 1.29. The molecule has 0 heterocycles. The molecule has 0 unspecified atom stereocenters. The molecule has 424 valence electrons. The van der Waals surface area contributed by atoms with Crippen LogP contribution in [-0.4, -0.2) is 0 Å². The molecular weight excluding hydrogens is 853 g/mol. The number of unbranched alkanes of at least 4 members (excludes halogenated alkanes) is 64. The van der Waals surface area contributed by atoms with Crippen molar-refractivity contribution in [1.29, 1.82) is 0 Å². The Morgan fingerprint density at radius 3 is 0.254 bits per heavy atom. The zero-order valence-corrected chi connectivity index (χ0v) is 50.3. The Morgan fingerprint density at radius 1 is 0.113 bits per heavy atom. The van der Waals surface area contributed by atoms with Crippen LogP contribution in [0.3, 0.4) is 0 Å². The molecular formula is C71H140. The van der Waals surface area contributed by atoms with E-state index in [9.17, 15) is 0 Å². The van der Waals surface area contributed by atoms with Crippen LogP contribution in [0, 0.1) is 0 Å². The quantitative estimate of drug-likeness (QED) is 0.0421. The summed E-state index contributed by atoms with van der Waals surface area (Å²) in [6, 6.07) is 0. The van der Waals surface area contributed by atoms with Gasteiger partial charge in [0.15, 0.2) is 0 Å². The molecule has 0 aliphatic rings. The Balaban J connectivity index is 3.07. The summed E-state index contributed by atoms with van der Waals surface area (Å²) < 4.78 is 0. The van der Waals surface area contributed by atoms with Crippen molar-refractivity contribution in [2.24, 2.45) is 0 Å². The molecule has 0 aromatic heterocycles. The summed E-state index contributed by atoms with van der Waals surface area (Å²) in [5.74, 6) is 0. The largest absolute Gasteiger partial charge is 0.0917 e. The number of rotatable bonds is 66. The predicted molar refractivity (Wildman–Crippen MR) is 330 cm³/mol. The van der Waals surface area contributed by atoms with Gasteiger partial charge in [0.05, 0.1) is 0 Å². The highest BCUT2D eigenvalue weighted by Gasteiger charge is 2.01. The molecule has 0 amide bonds. The van der Waals surface area contributed by atoms with Crippen LogP contribution >= 0.6 is 0 Å². The molecule has 0 aromatic rings. The van der Waals surface area contributed by atoms with E-state index in [-0.39, 0.29) is 0 Å². The first-order valence-corrected chi connectivity index (χ1v) is 34.6. The molecule has 0 spiro atoms. The van der Waals surface area contributed by atoms with Crippen LogP contribution in [0.5, 0.6) is 0 Å². The van der Waals surface area contributed by atoms with E-state index >= 15 is 0 Å². The molecule has 0 nitrogen and oxygen atoms in total. The van der Waals surface area contributed by atoms with Crippen molar-refractivity contribution in [3.63, 3.8) is 0 Å². The Bertz CT molecular complexity index is 852. The van der Waals surface area contributed by atoms with Gasteiger partial charge in [0, 0.05) is 0 Å². The third-order valence-electron chi connectivity index (χ3n) is 16.7. The normalized spacial score (nSPS) is 12.0. The second-order valence-corrected chi connectivity index (χ2v) is 24.0. The van der Waals surface area contributed by atoms with E-state index in [1.165, 1.54) is 417 Å². The molecule has 0 fully saturated rings. The average Bonchev–Trinajstić information content (AvgIpc) is 3.38. The summed E-state index contributed by atoms with van der Waals surface area (Å²) in [5.41, 5.74) is 0. The van der Waals surface area contributed by atoms with Gasteiger partial charge in [-0.3, -0.25) is 0 Å². The summed E-state index contributed by atoms with van der Waals surface area (Å²) in [5, 5.41) is 0. The molecule has 0 atom stereocenters. The van der Waals surface area contributed by atoms with Crippen LogP contribution in [0.25, 0.3) is 0 Å². The Labute approximate surface area is 453 Å². The van der Waals surface area contributed by atoms with Gasteiger partial charge in [-0.15, -0.1) is 0 Å². The van der Waals surface area contributed by atoms with Gasteiger partial charge in [0.1, 0.15) is 0 Å². The zero-order chi connectivity index (χ0) is 50.8. The summed E-state index contributed by atoms with van der Waals surface area (Å²) in [6.07, 6.45) is 105. The Morgan fingerprint density at radius 2 is 0.183 bits per heavy atom. The first-order chi connectivity index (χ1) is 35.4. The molecule has 71 heavy (non-hydrogen) atoms. The maximum absolute atomic E-state index is 2.31. The van der Waals surface area contributed by atoms with Gasteiger partial charge in [0.2, 0.25) is 0 Å². The summed E-state index contributed by atoms with van der Waals surface area (Å²) in [4.78, 5) is 0. The molecule has 0 saturated carbocycles. The second kappa shape index (κ2) is 69.5. The van der Waals surface area contributed by atoms with E-state index in [0.717, 1.165) is 0 Å². The molecule has 0 aliphatic heterocycles. The van der Waals surface area contributed by atoms with Crippen molar-refractivity contribution < 1.29 is 0 Å². The van der Waals surface area contributed by atoms with E-state index in [2.05, 4.69) is 38.2 Å². The lowest BCUT2D eigenvalue weighted by Crippen LogP contribution is -1.85. The van der Waals surface area contributed by atoms with Crippen LogP contribution in [0.15, 0.2) is 24.3 Å². The average molecular weight is 994 g/mol. The van der Waals surface area contributed by atoms with Gasteiger partial charge in [0.25, 0.3) is 0 Å². The first-order valence-electron chi connectivity index (χ1n) is 34.6. The molecule has 0 saturated heterocycles. The Hall–Kier alpha value is -0.520. The molecule has 0 radical (unpaired) electrons. The van der Waals surface area contributed by atoms with Gasteiger partial charge in [-0.2, -0.15) is 0 Å². The van der Waals surface area contributed by atoms with E-state index < -0.39 is 0 Å². The minimum absolute atomic E-state index is 1.29. The van der Waals surface area contributed by atoms with Gasteiger partial charge in [-0.05, 0) is 39.5 Å². The minimum Gasteiger partial charge on any atom is -0.0917 e. The predicted octanol–water partition coefficient (Wildman–Crippen LogP) is 27.5. The van der Waals surface area contributed by atoms with E-state index in [4.69, 9.17) is 0 Å². The van der Waals surface area contributed by atoms with Gasteiger partial charge in [-0.25, -0.2) is 0 Å². The molecule has 0 heteroatoms. The van der Waals surface area contributed by atoms with Crippen molar-refractivity contribution in [3.05, 3.63) is 24.3 Å². The summed E-state index contributed by atoms with van der Waals surface area (Å²) in [7, 11) is 0. The third kappa shape index (κ3) is 69.5. The van der Waals surface area contributed by atoms with Crippen LogP contribution in [0.4, 0.5) is 0 Å². The van der Waals surface area contributed by atoms with Crippen LogP contribution in [-0.2, 0) is 0 Å². The molecule has 0 rings (SSSR count). The fraction of sp³-hybridized carbons (Fsp3) is 0.944. The van der Waals surface area contributed by atoms with E-state index in [1.54, 1.807) is 0 Å². The van der Waals surface area contributed by atoms with Crippen LogP contribution < -0.4 is 0 Å². The zero-order valence-electron chi connectivity index (χ0n) is 50.3. The Kier molecular flexibility index (Phi) is 69.0. The standard InChI is InChI=1S/C71H140/c1-3-5-7-9-11-13-15-17-19-21-23-25-27-29-31-33-35-37-39-41-43-45-47-49-51-53-55-57-59-61-63-65-67-69-71-70-68-66-64-62-60-58-56-54-52-50-48-46-44-42-40-38-36-34-32-30-28-26-24-22-20-18-16-14-12-10-8-6-4-2/h3-6H,7-71H2,1-2H3. The fourth-order valence-corrected chi connectivity index (χ4v) is 11.6. The second-order valence-electron chi connectivity index (χ2n) is 24.0. The van der Waals surface area contributed by atoms with E-state index in [1.807, 2.05) is 0 Å². The van der Waals surface area contributed by atoms with Gasteiger partial charge in [-0.1, -0.05) is 416 Å².